The molecule has 0 spiro atoms. The maximum absolute atomic E-state index is 11.5. The second kappa shape index (κ2) is 6.48. The van der Waals surface area contributed by atoms with E-state index in [2.05, 4.69) is 15.4 Å². The Hall–Kier alpha value is -1.89. The summed E-state index contributed by atoms with van der Waals surface area (Å²) in [4.78, 5) is 18.6. The number of piperidine rings is 1. The summed E-state index contributed by atoms with van der Waals surface area (Å²) in [6.45, 7) is 4.70. The third-order valence-corrected chi connectivity index (χ3v) is 4.80. The van der Waals surface area contributed by atoms with E-state index in [4.69, 9.17) is 9.72 Å². The summed E-state index contributed by atoms with van der Waals surface area (Å²) in [6.07, 6.45) is 3.81. The summed E-state index contributed by atoms with van der Waals surface area (Å²) in [7, 11) is 1.36. The molecule has 1 aliphatic heterocycles. The molecule has 3 rings (SSSR count). The quantitative estimate of drug-likeness (QED) is 0.810. The minimum atomic E-state index is -0.408. The van der Waals surface area contributed by atoms with Gasteiger partial charge < -0.3 is 9.64 Å². The van der Waals surface area contributed by atoms with Gasteiger partial charge in [-0.25, -0.2) is 9.78 Å². The van der Waals surface area contributed by atoms with Gasteiger partial charge in [-0.3, -0.25) is 4.68 Å². The molecule has 0 aromatic carbocycles. The zero-order valence-corrected chi connectivity index (χ0v) is 13.7. The summed E-state index contributed by atoms with van der Waals surface area (Å²) in [6, 6.07) is 1.74. The minimum Gasteiger partial charge on any atom is -0.464 e. The molecule has 1 aliphatic rings. The number of thiazole rings is 1. The lowest BCUT2D eigenvalue weighted by Crippen LogP contribution is -2.29. The third kappa shape index (κ3) is 3.14. The number of aromatic nitrogens is 3. The lowest BCUT2D eigenvalue weighted by Gasteiger charge is -2.25. The van der Waals surface area contributed by atoms with Gasteiger partial charge in [-0.05, 0) is 32.3 Å². The summed E-state index contributed by atoms with van der Waals surface area (Å²) in [5, 5.41) is 7.45. The van der Waals surface area contributed by atoms with Crippen molar-refractivity contribution in [3.05, 3.63) is 28.5 Å². The highest BCUT2D eigenvalue weighted by molar-refractivity contribution is 7.13. The average Bonchev–Trinajstić information content (AvgIpc) is 3.15. The fourth-order valence-electron chi connectivity index (χ4n) is 2.63. The molecule has 0 N–H and O–H groups in total. The standard InChI is InChI=1S/C15H20N4O2S/c1-11-8-13(14(20)21-2)17-19(11)9-12-10-22-15(16-12)18-6-4-3-5-7-18/h8,10H,3-7,9H2,1-2H3. The molecule has 1 saturated heterocycles. The van der Waals surface area contributed by atoms with Crippen LogP contribution in [0.25, 0.3) is 0 Å². The predicted octanol–water partition coefficient (Wildman–Crippen LogP) is 2.47. The maximum Gasteiger partial charge on any atom is 0.358 e. The van der Waals surface area contributed by atoms with E-state index in [0.29, 0.717) is 12.2 Å². The maximum atomic E-state index is 11.5. The Morgan fingerprint density at radius 1 is 1.36 bits per heavy atom. The van der Waals surface area contributed by atoms with Crippen molar-refractivity contribution >= 4 is 22.4 Å². The Bertz CT molecular complexity index is 658. The summed E-state index contributed by atoms with van der Waals surface area (Å²) >= 11 is 1.68. The van der Waals surface area contributed by atoms with E-state index < -0.39 is 5.97 Å². The van der Waals surface area contributed by atoms with Gasteiger partial charge in [-0.15, -0.1) is 11.3 Å². The van der Waals surface area contributed by atoms with Crippen LogP contribution in [0.15, 0.2) is 11.4 Å². The van der Waals surface area contributed by atoms with Crippen molar-refractivity contribution in [2.45, 2.75) is 32.7 Å². The van der Waals surface area contributed by atoms with Gasteiger partial charge in [0.05, 0.1) is 19.3 Å². The van der Waals surface area contributed by atoms with E-state index in [9.17, 15) is 4.79 Å². The molecule has 0 radical (unpaired) electrons. The molecule has 1 fully saturated rings. The number of aryl methyl sites for hydroxylation is 1. The number of rotatable bonds is 4. The summed E-state index contributed by atoms with van der Waals surface area (Å²) < 4.78 is 6.50. The Kier molecular flexibility index (Phi) is 4.42. The molecule has 3 heterocycles. The van der Waals surface area contributed by atoms with E-state index >= 15 is 0 Å². The molecule has 0 atom stereocenters. The number of ether oxygens (including phenoxy) is 1. The normalized spacial score (nSPS) is 15.1. The number of hydrogen-bond donors (Lipinski definition) is 0. The Morgan fingerprint density at radius 3 is 2.86 bits per heavy atom. The lowest BCUT2D eigenvalue weighted by atomic mass is 10.1. The van der Waals surface area contributed by atoms with Gasteiger partial charge in [0.1, 0.15) is 0 Å². The molecular weight excluding hydrogens is 300 g/mol. The second-order valence-corrected chi connectivity index (χ2v) is 6.33. The monoisotopic (exact) mass is 320 g/mol. The first kappa shape index (κ1) is 15.0. The van der Waals surface area contributed by atoms with Crippen LogP contribution in [0.1, 0.15) is 41.1 Å². The molecule has 0 unspecified atom stereocenters. The smallest absolute Gasteiger partial charge is 0.358 e. The van der Waals surface area contributed by atoms with Crippen LogP contribution in [0.3, 0.4) is 0 Å². The van der Waals surface area contributed by atoms with E-state index in [1.54, 1.807) is 22.1 Å². The van der Waals surface area contributed by atoms with Gasteiger partial charge in [0.15, 0.2) is 10.8 Å². The van der Waals surface area contributed by atoms with Crippen LogP contribution in [0, 0.1) is 6.92 Å². The molecule has 7 heteroatoms. The van der Waals surface area contributed by atoms with Crippen molar-refractivity contribution < 1.29 is 9.53 Å². The molecule has 6 nitrogen and oxygen atoms in total. The fraction of sp³-hybridized carbons (Fsp3) is 0.533. The van der Waals surface area contributed by atoms with Gasteiger partial charge in [0, 0.05) is 24.2 Å². The molecule has 2 aromatic rings. The van der Waals surface area contributed by atoms with Gasteiger partial charge in [0.2, 0.25) is 0 Å². The highest BCUT2D eigenvalue weighted by atomic mass is 32.1. The van der Waals surface area contributed by atoms with E-state index in [0.717, 1.165) is 29.6 Å². The van der Waals surface area contributed by atoms with Gasteiger partial charge in [-0.2, -0.15) is 5.10 Å². The molecule has 0 amide bonds. The van der Waals surface area contributed by atoms with Crippen LogP contribution < -0.4 is 4.90 Å². The second-order valence-electron chi connectivity index (χ2n) is 5.49. The number of nitrogens with zero attached hydrogens (tertiary/aromatic N) is 4. The van der Waals surface area contributed by atoms with Crippen molar-refractivity contribution in [2.75, 3.05) is 25.1 Å². The molecule has 22 heavy (non-hydrogen) atoms. The lowest BCUT2D eigenvalue weighted by molar-refractivity contribution is 0.0593. The molecule has 2 aromatic heterocycles. The highest BCUT2D eigenvalue weighted by Gasteiger charge is 2.16. The largest absolute Gasteiger partial charge is 0.464 e. The fourth-order valence-corrected chi connectivity index (χ4v) is 3.50. The number of esters is 1. The zero-order chi connectivity index (χ0) is 15.5. The van der Waals surface area contributed by atoms with E-state index in [1.165, 1.54) is 26.4 Å². The highest BCUT2D eigenvalue weighted by Crippen LogP contribution is 2.24. The summed E-state index contributed by atoms with van der Waals surface area (Å²) in [5.41, 5.74) is 2.24. The number of anilines is 1. The molecule has 0 bridgehead atoms. The van der Waals surface area contributed by atoms with Crippen molar-refractivity contribution in [1.82, 2.24) is 14.8 Å². The first-order chi connectivity index (χ1) is 10.7. The van der Waals surface area contributed by atoms with Crippen molar-refractivity contribution in [1.29, 1.82) is 0 Å². The number of methoxy groups -OCH3 is 1. The zero-order valence-electron chi connectivity index (χ0n) is 12.9. The first-order valence-electron chi connectivity index (χ1n) is 7.49. The molecular formula is C15H20N4O2S. The topological polar surface area (TPSA) is 60.2 Å². The molecule has 118 valence electrons. The van der Waals surface area contributed by atoms with Crippen molar-refractivity contribution in [2.24, 2.45) is 0 Å². The van der Waals surface area contributed by atoms with Gasteiger partial charge in [0.25, 0.3) is 0 Å². The van der Waals surface area contributed by atoms with Crippen LogP contribution in [0.5, 0.6) is 0 Å². The summed E-state index contributed by atoms with van der Waals surface area (Å²) in [5.74, 6) is -0.408. The van der Waals surface area contributed by atoms with Crippen LogP contribution >= 0.6 is 11.3 Å². The molecule has 0 saturated carbocycles. The minimum absolute atomic E-state index is 0.339. The third-order valence-electron chi connectivity index (χ3n) is 3.85. The Morgan fingerprint density at radius 2 is 2.14 bits per heavy atom. The van der Waals surface area contributed by atoms with Crippen LogP contribution in [0.2, 0.25) is 0 Å². The first-order valence-corrected chi connectivity index (χ1v) is 8.37. The van der Waals surface area contributed by atoms with Crippen LogP contribution in [-0.2, 0) is 11.3 Å². The number of hydrogen-bond acceptors (Lipinski definition) is 6. The van der Waals surface area contributed by atoms with Gasteiger partial charge in [-0.1, -0.05) is 0 Å². The average molecular weight is 320 g/mol. The number of carbonyl (C=O) groups excluding carboxylic acids is 1. The van der Waals surface area contributed by atoms with Crippen LogP contribution in [0.4, 0.5) is 5.13 Å². The molecule has 0 aliphatic carbocycles. The van der Waals surface area contributed by atoms with Gasteiger partial charge >= 0.3 is 5.97 Å². The Labute approximate surface area is 133 Å². The van der Waals surface area contributed by atoms with Crippen molar-refractivity contribution in [3.63, 3.8) is 0 Å². The van der Waals surface area contributed by atoms with Crippen molar-refractivity contribution in [3.8, 4) is 0 Å². The number of carbonyl (C=O) groups is 1. The SMILES string of the molecule is COC(=O)c1cc(C)n(Cc2csc(N3CCCCC3)n2)n1. The Balaban J connectivity index is 1.72. The van der Waals surface area contributed by atoms with E-state index in [1.807, 2.05) is 6.92 Å². The predicted molar refractivity (Wildman–Crippen MR) is 85.6 cm³/mol. The van der Waals surface area contributed by atoms with E-state index in [-0.39, 0.29) is 0 Å². The van der Waals surface area contributed by atoms with Crippen LogP contribution in [-0.4, -0.2) is 40.9 Å².